The van der Waals surface area contributed by atoms with Crippen LogP contribution in [0.1, 0.15) is 41.5 Å². The maximum atomic E-state index is 12.4. The average Bonchev–Trinajstić information content (AvgIpc) is 2.15. The Morgan fingerprint density at radius 2 is 1.56 bits per heavy atom. The fraction of sp³-hybridized carbons (Fsp3) is 0.929. The molecule has 3 unspecified atom stereocenters. The maximum Gasteiger partial charge on any atom is 0.144 e. The maximum absolute atomic E-state index is 12.4. The molecule has 0 aliphatic carbocycles. The van der Waals surface area contributed by atoms with E-state index >= 15 is 0 Å². The van der Waals surface area contributed by atoms with Crippen molar-refractivity contribution >= 4 is 5.78 Å². The first-order chi connectivity index (χ1) is 7.36. The third-order valence-electron chi connectivity index (χ3n) is 3.70. The van der Waals surface area contributed by atoms with Crippen molar-refractivity contribution in [2.75, 3.05) is 6.61 Å². The zero-order valence-electron chi connectivity index (χ0n) is 11.5. The largest absolute Gasteiger partial charge is 0.376 e. The highest BCUT2D eigenvalue weighted by atomic mass is 16.5. The molecular formula is C14H26O2. The summed E-state index contributed by atoms with van der Waals surface area (Å²) in [5.41, 5.74) is 0. The molecule has 1 aliphatic heterocycles. The van der Waals surface area contributed by atoms with E-state index < -0.39 is 0 Å². The van der Waals surface area contributed by atoms with Crippen LogP contribution in [0.15, 0.2) is 0 Å². The molecule has 1 aliphatic rings. The highest BCUT2D eigenvalue weighted by molar-refractivity contribution is 5.85. The predicted octanol–water partition coefficient (Wildman–Crippen LogP) is 3.15. The fourth-order valence-electron chi connectivity index (χ4n) is 2.65. The van der Waals surface area contributed by atoms with Crippen LogP contribution in [0.3, 0.4) is 0 Å². The van der Waals surface area contributed by atoms with Crippen molar-refractivity contribution < 1.29 is 9.53 Å². The highest BCUT2D eigenvalue weighted by Gasteiger charge is 2.42. The molecule has 0 radical (unpaired) electrons. The van der Waals surface area contributed by atoms with Crippen LogP contribution in [0, 0.1) is 29.6 Å². The molecule has 0 aromatic heterocycles. The second-order valence-electron chi connectivity index (χ2n) is 6.06. The molecular weight excluding hydrogens is 200 g/mol. The first kappa shape index (κ1) is 13.7. The van der Waals surface area contributed by atoms with Gasteiger partial charge in [0.05, 0.1) is 12.7 Å². The molecule has 0 amide bonds. The Bertz CT molecular complexity index is 243. The molecule has 1 fully saturated rings. The molecule has 2 heteroatoms. The van der Waals surface area contributed by atoms with Gasteiger partial charge in [0.1, 0.15) is 5.78 Å². The molecule has 1 heterocycles. The van der Waals surface area contributed by atoms with Gasteiger partial charge in [0.15, 0.2) is 0 Å². The molecule has 16 heavy (non-hydrogen) atoms. The number of carbonyl (C=O) groups excluding carboxylic acids is 1. The smallest absolute Gasteiger partial charge is 0.144 e. The predicted molar refractivity (Wildman–Crippen MR) is 66.2 cm³/mol. The summed E-state index contributed by atoms with van der Waals surface area (Å²) in [6.45, 7) is 13.4. The Morgan fingerprint density at radius 3 is 1.94 bits per heavy atom. The van der Waals surface area contributed by atoms with Crippen LogP contribution in [0.5, 0.6) is 0 Å². The molecule has 94 valence electrons. The van der Waals surface area contributed by atoms with Crippen molar-refractivity contribution in [1.29, 1.82) is 0 Å². The zero-order chi connectivity index (χ0) is 12.5. The number of ether oxygens (including phenoxy) is 1. The lowest BCUT2D eigenvalue weighted by molar-refractivity contribution is -0.155. The van der Waals surface area contributed by atoms with Gasteiger partial charge in [0, 0.05) is 11.8 Å². The standard InChI is InChI=1S/C14H26O2/c1-8(2)11-7-16-14(10(5)6)12(9(3)4)13(11)15/h8-12,14H,7H2,1-6H3. The zero-order valence-corrected chi connectivity index (χ0v) is 11.5. The second-order valence-corrected chi connectivity index (χ2v) is 6.06. The Hall–Kier alpha value is -0.370. The number of ketones is 1. The average molecular weight is 226 g/mol. The van der Waals surface area contributed by atoms with Crippen LogP contribution in [0.2, 0.25) is 0 Å². The van der Waals surface area contributed by atoms with Crippen LogP contribution in [0.4, 0.5) is 0 Å². The third kappa shape index (κ3) is 2.65. The topological polar surface area (TPSA) is 26.3 Å². The van der Waals surface area contributed by atoms with Gasteiger partial charge in [0.25, 0.3) is 0 Å². The van der Waals surface area contributed by atoms with Gasteiger partial charge in [-0.15, -0.1) is 0 Å². The molecule has 0 bridgehead atoms. The SMILES string of the molecule is CC(C)C1COC(C(C)C)C(C(C)C)C1=O. The van der Waals surface area contributed by atoms with Crippen molar-refractivity contribution in [3.8, 4) is 0 Å². The van der Waals surface area contributed by atoms with Gasteiger partial charge in [-0.05, 0) is 17.8 Å². The van der Waals surface area contributed by atoms with Gasteiger partial charge in [-0.25, -0.2) is 0 Å². The summed E-state index contributed by atoms with van der Waals surface area (Å²) < 4.78 is 5.94. The number of rotatable bonds is 3. The van der Waals surface area contributed by atoms with E-state index in [1.165, 1.54) is 0 Å². The summed E-state index contributed by atoms with van der Waals surface area (Å²) in [6.07, 6.45) is 0.113. The molecule has 1 rings (SSSR count). The molecule has 1 saturated heterocycles. The van der Waals surface area contributed by atoms with Crippen LogP contribution < -0.4 is 0 Å². The molecule has 2 nitrogen and oxygen atoms in total. The quantitative estimate of drug-likeness (QED) is 0.739. The first-order valence-electron chi connectivity index (χ1n) is 6.51. The van der Waals surface area contributed by atoms with E-state index in [4.69, 9.17) is 4.74 Å². The van der Waals surface area contributed by atoms with E-state index in [0.717, 1.165) is 0 Å². The monoisotopic (exact) mass is 226 g/mol. The Kier molecular flexibility index (Phi) is 4.54. The minimum Gasteiger partial charge on any atom is -0.376 e. The molecule has 3 atom stereocenters. The van der Waals surface area contributed by atoms with Gasteiger partial charge < -0.3 is 4.74 Å². The number of hydrogen-bond donors (Lipinski definition) is 0. The molecule has 0 aromatic rings. The van der Waals surface area contributed by atoms with Crippen molar-refractivity contribution in [1.82, 2.24) is 0 Å². The Labute approximate surface area is 99.8 Å². The summed E-state index contributed by atoms with van der Waals surface area (Å²) in [6, 6.07) is 0. The van der Waals surface area contributed by atoms with Crippen molar-refractivity contribution in [3.63, 3.8) is 0 Å². The lowest BCUT2D eigenvalue weighted by Crippen LogP contribution is -2.48. The van der Waals surface area contributed by atoms with Crippen LogP contribution in [0.25, 0.3) is 0 Å². The summed E-state index contributed by atoms with van der Waals surface area (Å²) in [4.78, 5) is 12.4. The summed E-state index contributed by atoms with van der Waals surface area (Å²) >= 11 is 0. The summed E-state index contributed by atoms with van der Waals surface area (Å²) in [5.74, 6) is 1.80. The van der Waals surface area contributed by atoms with Crippen molar-refractivity contribution in [3.05, 3.63) is 0 Å². The fourth-order valence-corrected chi connectivity index (χ4v) is 2.65. The van der Waals surface area contributed by atoms with E-state index in [1.54, 1.807) is 0 Å². The van der Waals surface area contributed by atoms with Gasteiger partial charge in [-0.3, -0.25) is 4.79 Å². The van der Waals surface area contributed by atoms with E-state index in [1.807, 2.05) is 0 Å². The van der Waals surface area contributed by atoms with Crippen LogP contribution >= 0.6 is 0 Å². The van der Waals surface area contributed by atoms with Crippen LogP contribution in [-0.2, 0) is 9.53 Å². The summed E-state index contributed by atoms with van der Waals surface area (Å²) in [7, 11) is 0. The molecule has 0 saturated carbocycles. The van der Waals surface area contributed by atoms with Gasteiger partial charge in [0.2, 0.25) is 0 Å². The minimum atomic E-state index is 0.0844. The van der Waals surface area contributed by atoms with E-state index in [2.05, 4.69) is 41.5 Å². The van der Waals surface area contributed by atoms with Gasteiger partial charge in [-0.2, -0.15) is 0 Å². The Balaban J connectivity index is 2.87. The minimum absolute atomic E-state index is 0.0844. The number of Topliss-reactive ketones (excluding diaryl/α,β-unsaturated/α-hetero) is 1. The third-order valence-corrected chi connectivity index (χ3v) is 3.70. The number of hydrogen-bond acceptors (Lipinski definition) is 2. The Morgan fingerprint density at radius 1 is 1.00 bits per heavy atom. The second kappa shape index (κ2) is 5.31. The molecule has 0 aromatic carbocycles. The van der Waals surface area contributed by atoms with Crippen molar-refractivity contribution in [2.24, 2.45) is 29.6 Å². The lowest BCUT2D eigenvalue weighted by atomic mass is 9.73. The lowest BCUT2D eigenvalue weighted by Gasteiger charge is -2.40. The number of carbonyl (C=O) groups is 1. The summed E-state index contributed by atoms with van der Waals surface area (Å²) in [5, 5.41) is 0. The first-order valence-corrected chi connectivity index (χ1v) is 6.51. The molecule has 0 N–H and O–H groups in total. The highest BCUT2D eigenvalue weighted by Crippen LogP contribution is 2.34. The molecule has 0 spiro atoms. The van der Waals surface area contributed by atoms with Crippen molar-refractivity contribution in [2.45, 2.75) is 47.6 Å². The van der Waals surface area contributed by atoms with E-state index in [9.17, 15) is 4.79 Å². The van der Waals surface area contributed by atoms with Gasteiger partial charge >= 0.3 is 0 Å². The van der Waals surface area contributed by atoms with Crippen LogP contribution in [-0.4, -0.2) is 18.5 Å². The normalized spacial score (nSPS) is 31.8. The van der Waals surface area contributed by atoms with E-state index in [0.29, 0.717) is 30.1 Å². The van der Waals surface area contributed by atoms with Gasteiger partial charge in [-0.1, -0.05) is 41.5 Å². The van der Waals surface area contributed by atoms with E-state index in [-0.39, 0.29) is 17.9 Å².